The van der Waals surface area contributed by atoms with Crippen LogP contribution in [0.2, 0.25) is 0 Å². The van der Waals surface area contributed by atoms with Crippen LogP contribution < -0.4 is 20.7 Å². The van der Waals surface area contributed by atoms with E-state index in [2.05, 4.69) is 15.1 Å². The molecule has 2 aromatic rings. The van der Waals surface area contributed by atoms with Crippen molar-refractivity contribution in [1.29, 1.82) is 0 Å². The normalized spacial score (nSPS) is 11.0. The summed E-state index contributed by atoms with van der Waals surface area (Å²) in [5.74, 6) is 6.18. The van der Waals surface area contributed by atoms with E-state index in [1.807, 2.05) is 6.92 Å². The molecule has 8 heteroatoms. The van der Waals surface area contributed by atoms with Crippen LogP contribution in [-0.2, 0) is 10.0 Å². The Balaban J connectivity index is 2.30. The van der Waals surface area contributed by atoms with Crippen LogP contribution in [0.25, 0.3) is 0 Å². The Kier molecular flexibility index (Phi) is 4.29. The number of nitrogens with one attached hydrogen (secondary N) is 2. The number of sulfonamides is 1. The standard InChI is InChI=1S/C13H16N4O3S/c1-9-7-10(3-4-12(9)20-2)17-21(18,19)11-5-6-15-13(8-11)16-14/h3-8,17H,14H2,1-2H3,(H,15,16). The van der Waals surface area contributed by atoms with Gasteiger partial charge >= 0.3 is 0 Å². The molecule has 4 N–H and O–H groups in total. The topological polar surface area (TPSA) is 106 Å². The first-order chi connectivity index (χ1) is 9.96. The third kappa shape index (κ3) is 3.41. The number of hydrogen-bond acceptors (Lipinski definition) is 6. The van der Waals surface area contributed by atoms with Gasteiger partial charge in [-0.15, -0.1) is 0 Å². The molecule has 0 aliphatic carbocycles. The van der Waals surface area contributed by atoms with Crippen molar-refractivity contribution in [2.45, 2.75) is 11.8 Å². The van der Waals surface area contributed by atoms with Crippen molar-refractivity contribution < 1.29 is 13.2 Å². The highest BCUT2D eigenvalue weighted by Gasteiger charge is 2.15. The van der Waals surface area contributed by atoms with E-state index in [1.165, 1.54) is 18.3 Å². The van der Waals surface area contributed by atoms with E-state index >= 15 is 0 Å². The lowest BCUT2D eigenvalue weighted by atomic mass is 10.2. The van der Waals surface area contributed by atoms with Gasteiger partial charge in [0, 0.05) is 18.0 Å². The van der Waals surface area contributed by atoms with Crippen LogP contribution in [-0.4, -0.2) is 20.5 Å². The van der Waals surface area contributed by atoms with Gasteiger partial charge in [-0.3, -0.25) is 4.72 Å². The Morgan fingerprint density at radius 3 is 2.62 bits per heavy atom. The minimum absolute atomic E-state index is 0.0684. The maximum atomic E-state index is 12.3. The van der Waals surface area contributed by atoms with Gasteiger partial charge in [0.15, 0.2) is 0 Å². The lowest BCUT2D eigenvalue weighted by Crippen LogP contribution is -2.15. The molecule has 0 fully saturated rings. The van der Waals surface area contributed by atoms with Gasteiger partial charge in [-0.1, -0.05) is 0 Å². The van der Waals surface area contributed by atoms with E-state index in [0.717, 1.165) is 5.56 Å². The molecule has 0 unspecified atom stereocenters. The molecule has 7 nitrogen and oxygen atoms in total. The van der Waals surface area contributed by atoms with Crippen LogP contribution in [0.15, 0.2) is 41.4 Å². The van der Waals surface area contributed by atoms with Crippen LogP contribution in [0.3, 0.4) is 0 Å². The molecule has 0 radical (unpaired) electrons. The van der Waals surface area contributed by atoms with Gasteiger partial charge in [0.25, 0.3) is 10.0 Å². The molecule has 1 aromatic heterocycles. The molecule has 0 saturated carbocycles. The maximum Gasteiger partial charge on any atom is 0.262 e. The highest BCUT2D eigenvalue weighted by Crippen LogP contribution is 2.23. The fraction of sp³-hybridized carbons (Fsp3) is 0.154. The second-order valence-corrected chi connectivity index (χ2v) is 5.99. The molecular weight excluding hydrogens is 292 g/mol. The van der Waals surface area contributed by atoms with Gasteiger partial charge < -0.3 is 10.2 Å². The molecule has 0 atom stereocenters. The van der Waals surface area contributed by atoms with Crippen molar-refractivity contribution in [3.05, 3.63) is 42.1 Å². The lowest BCUT2D eigenvalue weighted by Gasteiger charge is -2.11. The van der Waals surface area contributed by atoms with Gasteiger partial charge in [-0.2, -0.15) is 0 Å². The van der Waals surface area contributed by atoms with Gasteiger partial charge in [-0.05, 0) is 36.8 Å². The van der Waals surface area contributed by atoms with Crippen molar-refractivity contribution in [3.63, 3.8) is 0 Å². The fourth-order valence-corrected chi connectivity index (χ4v) is 2.88. The molecule has 0 bridgehead atoms. The van der Waals surface area contributed by atoms with Gasteiger partial charge in [0.1, 0.15) is 11.6 Å². The molecule has 0 spiro atoms. The van der Waals surface area contributed by atoms with E-state index in [-0.39, 0.29) is 10.7 Å². The molecule has 0 aliphatic rings. The molecule has 112 valence electrons. The number of hydrazine groups is 1. The molecule has 0 amide bonds. The van der Waals surface area contributed by atoms with Crippen LogP contribution in [0.5, 0.6) is 5.75 Å². The van der Waals surface area contributed by atoms with Crippen molar-refractivity contribution in [2.24, 2.45) is 5.84 Å². The third-order valence-corrected chi connectivity index (χ3v) is 4.22. The van der Waals surface area contributed by atoms with Crippen molar-refractivity contribution >= 4 is 21.5 Å². The summed E-state index contributed by atoms with van der Waals surface area (Å²) < 4.78 is 32.2. The number of aryl methyl sites for hydroxylation is 1. The number of nitrogen functional groups attached to an aromatic ring is 1. The first kappa shape index (κ1) is 15.1. The fourth-order valence-electron chi connectivity index (χ4n) is 1.81. The van der Waals surface area contributed by atoms with Crippen LogP contribution in [0.1, 0.15) is 5.56 Å². The van der Waals surface area contributed by atoms with E-state index in [4.69, 9.17) is 10.6 Å². The van der Waals surface area contributed by atoms with E-state index in [1.54, 1.807) is 25.3 Å². The van der Waals surface area contributed by atoms with Crippen molar-refractivity contribution in [2.75, 3.05) is 17.3 Å². The summed E-state index contributed by atoms with van der Waals surface area (Å²) in [5.41, 5.74) is 3.59. The Morgan fingerprint density at radius 1 is 1.24 bits per heavy atom. The second kappa shape index (κ2) is 5.98. The summed E-state index contributed by atoms with van der Waals surface area (Å²) in [5, 5.41) is 0. The van der Waals surface area contributed by atoms with Gasteiger partial charge in [0.05, 0.1) is 12.0 Å². The Hall–Kier alpha value is -2.32. The molecular formula is C13H16N4O3S. The minimum atomic E-state index is -3.71. The number of anilines is 2. The number of aromatic nitrogens is 1. The summed E-state index contributed by atoms with van der Waals surface area (Å²) >= 11 is 0. The second-order valence-electron chi connectivity index (χ2n) is 4.31. The number of pyridine rings is 1. The zero-order valence-corrected chi connectivity index (χ0v) is 12.4. The predicted octanol–water partition coefficient (Wildman–Crippen LogP) is 1.49. The van der Waals surface area contributed by atoms with E-state index < -0.39 is 10.0 Å². The SMILES string of the molecule is COc1ccc(NS(=O)(=O)c2ccnc(NN)c2)cc1C. The highest BCUT2D eigenvalue weighted by molar-refractivity contribution is 7.92. The Labute approximate surface area is 123 Å². The van der Waals surface area contributed by atoms with Crippen LogP contribution in [0.4, 0.5) is 11.5 Å². The number of rotatable bonds is 5. The number of nitrogens with two attached hydrogens (primary N) is 1. The zero-order valence-electron chi connectivity index (χ0n) is 11.6. The highest BCUT2D eigenvalue weighted by atomic mass is 32.2. The Morgan fingerprint density at radius 2 is 2.00 bits per heavy atom. The number of hydrogen-bond donors (Lipinski definition) is 3. The first-order valence-electron chi connectivity index (χ1n) is 6.06. The van der Waals surface area contributed by atoms with Gasteiger partial charge in [0.2, 0.25) is 0 Å². The average molecular weight is 308 g/mol. The van der Waals surface area contributed by atoms with E-state index in [0.29, 0.717) is 11.4 Å². The number of methoxy groups -OCH3 is 1. The van der Waals surface area contributed by atoms with Gasteiger partial charge in [-0.25, -0.2) is 19.2 Å². The third-order valence-electron chi connectivity index (χ3n) is 2.84. The quantitative estimate of drug-likeness (QED) is 0.570. The summed E-state index contributed by atoms with van der Waals surface area (Å²) in [6, 6.07) is 7.76. The summed E-state index contributed by atoms with van der Waals surface area (Å²) in [6.07, 6.45) is 1.36. The largest absolute Gasteiger partial charge is 0.496 e. The predicted molar refractivity (Wildman–Crippen MR) is 80.6 cm³/mol. The smallest absolute Gasteiger partial charge is 0.262 e. The molecule has 2 rings (SSSR count). The number of nitrogens with zero attached hydrogens (tertiary/aromatic N) is 1. The molecule has 0 saturated heterocycles. The first-order valence-corrected chi connectivity index (χ1v) is 7.54. The average Bonchev–Trinajstić information content (AvgIpc) is 2.47. The summed E-state index contributed by atoms with van der Waals surface area (Å²) in [6.45, 7) is 1.83. The number of benzene rings is 1. The molecule has 0 aliphatic heterocycles. The monoisotopic (exact) mass is 308 g/mol. The molecule has 1 heterocycles. The number of ether oxygens (including phenoxy) is 1. The summed E-state index contributed by atoms with van der Waals surface area (Å²) in [4.78, 5) is 3.94. The molecule has 1 aromatic carbocycles. The lowest BCUT2D eigenvalue weighted by molar-refractivity contribution is 0.412. The van der Waals surface area contributed by atoms with Crippen molar-refractivity contribution in [3.8, 4) is 5.75 Å². The Bertz CT molecular complexity index is 747. The summed E-state index contributed by atoms with van der Waals surface area (Å²) in [7, 11) is -2.15. The van der Waals surface area contributed by atoms with Crippen molar-refractivity contribution in [1.82, 2.24) is 4.98 Å². The molecule has 21 heavy (non-hydrogen) atoms. The van der Waals surface area contributed by atoms with E-state index in [9.17, 15) is 8.42 Å². The van der Waals surface area contributed by atoms with Crippen LogP contribution >= 0.6 is 0 Å². The minimum Gasteiger partial charge on any atom is -0.496 e. The maximum absolute atomic E-state index is 12.3. The zero-order chi connectivity index (χ0) is 15.5. The van der Waals surface area contributed by atoms with Crippen LogP contribution in [0, 0.1) is 6.92 Å².